The van der Waals surface area contributed by atoms with Gasteiger partial charge in [0.25, 0.3) is 5.91 Å². The van der Waals surface area contributed by atoms with Crippen LogP contribution in [0, 0.1) is 0 Å². The molecule has 0 aromatic heterocycles. The molecule has 0 spiro atoms. The summed E-state index contributed by atoms with van der Waals surface area (Å²) in [5.74, 6) is -0.584. The number of hydrogen-bond acceptors (Lipinski definition) is 5. The maximum absolute atomic E-state index is 12.2. The number of hydrogen-bond donors (Lipinski definition) is 2. The van der Waals surface area contributed by atoms with Crippen LogP contribution >= 0.6 is 0 Å². The van der Waals surface area contributed by atoms with E-state index >= 15 is 0 Å². The Balaban J connectivity index is 2.11. The molecule has 0 atom stereocenters. The van der Waals surface area contributed by atoms with Crippen molar-refractivity contribution in [3.05, 3.63) is 47.5 Å². The zero-order valence-electron chi connectivity index (χ0n) is 14.9. The molecular weight excluding hydrogens is 338 g/mol. The molecule has 0 radical (unpaired) electrons. The first-order valence-corrected chi connectivity index (χ1v) is 7.99. The molecule has 2 aromatic rings. The molecule has 0 aliphatic heterocycles. The number of methoxy groups -OCH3 is 2. The van der Waals surface area contributed by atoms with Crippen LogP contribution in [0.2, 0.25) is 0 Å². The number of aromatic carboxylic acids is 1. The van der Waals surface area contributed by atoms with Crippen LogP contribution in [0.25, 0.3) is 0 Å². The number of rotatable bonds is 8. The standard InChI is InChI=1S/C19H21NO6/c1-4-12-5-7-14(8-6-12)26-11-17(21)20-15-9-13(19(22)23)10-16(24-2)18(15)25-3/h5-10H,4,11H2,1-3H3,(H,20,21)(H,22,23). The molecule has 7 heteroatoms. The molecule has 0 aliphatic carbocycles. The second kappa shape index (κ2) is 8.75. The summed E-state index contributed by atoms with van der Waals surface area (Å²) >= 11 is 0. The zero-order valence-corrected chi connectivity index (χ0v) is 14.9. The minimum absolute atomic E-state index is 0.0333. The van der Waals surface area contributed by atoms with Crippen LogP contribution in [0.15, 0.2) is 36.4 Å². The van der Waals surface area contributed by atoms with Crippen molar-refractivity contribution in [3.63, 3.8) is 0 Å². The van der Waals surface area contributed by atoms with Gasteiger partial charge in [0.1, 0.15) is 5.75 Å². The number of nitrogens with one attached hydrogen (secondary N) is 1. The van der Waals surface area contributed by atoms with Gasteiger partial charge in [0.05, 0.1) is 25.5 Å². The van der Waals surface area contributed by atoms with Crippen LogP contribution in [-0.4, -0.2) is 37.8 Å². The van der Waals surface area contributed by atoms with Crippen LogP contribution < -0.4 is 19.5 Å². The molecular formula is C19H21NO6. The molecule has 0 aliphatic rings. The molecule has 0 saturated heterocycles. The smallest absolute Gasteiger partial charge is 0.335 e. The SMILES string of the molecule is CCc1ccc(OCC(=O)Nc2cc(C(=O)O)cc(OC)c2OC)cc1. The van der Waals surface area contributed by atoms with Crippen molar-refractivity contribution >= 4 is 17.6 Å². The van der Waals surface area contributed by atoms with Gasteiger partial charge in [-0.2, -0.15) is 0 Å². The lowest BCUT2D eigenvalue weighted by molar-refractivity contribution is -0.118. The van der Waals surface area contributed by atoms with E-state index in [1.54, 1.807) is 12.1 Å². The molecule has 1 amide bonds. The van der Waals surface area contributed by atoms with Crippen molar-refractivity contribution < 1.29 is 28.9 Å². The summed E-state index contributed by atoms with van der Waals surface area (Å²) in [7, 11) is 2.79. The maximum Gasteiger partial charge on any atom is 0.335 e. The minimum Gasteiger partial charge on any atom is -0.493 e. The summed E-state index contributed by atoms with van der Waals surface area (Å²) in [4.78, 5) is 23.4. The fraction of sp³-hybridized carbons (Fsp3) is 0.263. The third-order valence-electron chi connectivity index (χ3n) is 3.70. The number of carboxylic acid groups (broad SMARTS) is 1. The Hall–Kier alpha value is -3.22. The van der Waals surface area contributed by atoms with E-state index in [0.29, 0.717) is 5.75 Å². The molecule has 138 valence electrons. The van der Waals surface area contributed by atoms with E-state index in [1.165, 1.54) is 31.9 Å². The highest BCUT2D eigenvalue weighted by molar-refractivity contribution is 5.97. The van der Waals surface area contributed by atoms with Gasteiger partial charge in [-0.25, -0.2) is 4.79 Å². The topological polar surface area (TPSA) is 94.1 Å². The van der Waals surface area contributed by atoms with Gasteiger partial charge in [-0.1, -0.05) is 19.1 Å². The summed E-state index contributed by atoms with van der Waals surface area (Å²) in [5.41, 5.74) is 1.33. The molecule has 0 fully saturated rings. The Labute approximate surface area is 151 Å². The van der Waals surface area contributed by atoms with Crippen LogP contribution in [0.3, 0.4) is 0 Å². The number of carboxylic acids is 1. The highest BCUT2D eigenvalue weighted by Gasteiger charge is 2.17. The first kappa shape index (κ1) is 19.1. The third kappa shape index (κ3) is 4.66. The highest BCUT2D eigenvalue weighted by Crippen LogP contribution is 2.36. The maximum atomic E-state index is 12.2. The number of amides is 1. The van der Waals surface area contributed by atoms with E-state index in [2.05, 4.69) is 12.2 Å². The summed E-state index contributed by atoms with van der Waals surface area (Å²) in [6, 6.07) is 10.1. The molecule has 0 unspecified atom stereocenters. The number of anilines is 1. The number of carbonyl (C=O) groups excluding carboxylic acids is 1. The Morgan fingerprint density at radius 3 is 2.31 bits per heavy atom. The predicted molar refractivity (Wildman–Crippen MR) is 96.5 cm³/mol. The van der Waals surface area contributed by atoms with Gasteiger partial charge in [-0.15, -0.1) is 0 Å². The number of ether oxygens (including phenoxy) is 3. The third-order valence-corrected chi connectivity index (χ3v) is 3.70. The highest BCUT2D eigenvalue weighted by atomic mass is 16.5. The van der Waals surface area contributed by atoms with Gasteiger partial charge >= 0.3 is 5.97 Å². The van der Waals surface area contributed by atoms with Gasteiger partial charge in [0, 0.05) is 0 Å². The zero-order chi connectivity index (χ0) is 19.1. The molecule has 7 nitrogen and oxygen atoms in total. The monoisotopic (exact) mass is 359 g/mol. The summed E-state index contributed by atoms with van der Waals surface area (Å²) in [6.07, 6.45) is 0.919. The minimum atomic E-state index is -1.14. The summed E-state index contributed by atoms with van der Waals surface area (Å²) in [6.45, 7) is 1.82. The lowest BCUT2D eigenvalue weighted by Gasteiger charge is -2.15. The van der Waals surface area contributed by atoms with E-state index in [9.17, 15) is 14.7 Å². The van der Waals surface area contributed by atoms with E-state index in [4.69, 9.17) is 14.2 Å². The van der Waals surface area contributed by atoms with Crippen molar-refractivity contribution in [1.29, 1.82) is 0 Å². The Bertz CT molecular complexity index is 785. The van der Waals surface area contributed by atoms with Crippen LogP contribution in [0.1, 0.15) is 22.8 Å². The van der Waals surface area contributed by atoms with Crippen molar-refractivity contribution in [2.24, 2.45) is 0 Å². The Morgan fingerprint density at radius 2 is 1.77 bits per heavy atom. The molecule has 0 bridgehead atoms. The second-order valence-electron chi connectivity index (χ2n) is 5.40. The quantitative estimate of drug-likeness (QED) is 0.752. The average Bonchev–Trinajstić information content (AvgIpc) is 2.65. The van der Waals surface area contributed by atoms with Gasteiger partial charge in [0.2, 0.25) is 0 Å². The average molecular weight is 359 g/mol. The van der Waals surface area contributed by atoms with Gasteiger partial charge in [-0.3, -0.25) is 4.79 Å². The molecule has 2 N–H and O–H groups in total. The van der Waals surface area contributed by atoms with Crippen molar-refractivity contribution in [2.45, 2.75) is 13.3 Å². The van der Waals surface area contributed by atoms with Gasteiger partial charge < -0.3 is 24.6 Å². The predicted octanol–water partition coefficient (Wildman–Crippen LogP) is 2.98. The molecule has 0 saturated carbocycles. The molecule has 26 heavy (non-hydrogen) atoms. The fourth-order valence-corrected chi connectivity index (χ4v) is 2.34. The fourth-order valence-electron chi connectivity index (χ4n) is 2.34. The van der Waals surface area contributed by atoms with Gasteiger partial charge in [0.15, 0.2) is 18.1 Å². The normalized spacial score (nSPS) is 10.1. The van der Waals surface area contributed by atoms with Crippen LogP contribution in [-0.2, 0) is 11.2 Å². The molecule has 0 heterocycles. The second-order valence-corrected chi connectivity index (χ2v) is 5.40. The molecule has 2 aromatic carbocycles. The Morgan fingerprint density at radius 1 is 1.08 bits per heavy atom. The Kier molecular flexibility index (Phi) is 6.43. The first-order valence-electron chi connectivity index (χ1n) is 7.99. The van der Waals surface area contributed by atoms with Gasteiger partial charge in [-0.05, 0) is 36.2 Å². The number of benzene rings is 2. The summed E-state index contributed by atoms with van der Waals surface area (Å²) < 4.78 is 15.8. The number of carbonyl (C=O) groups is 2. The lowest BCUT2D eigenvalue weighted by Crippen LogP contribution is -2.21. The van der Waals surface area contributed by atoms with Crippen LogP contribution in [0.4, 0.5) is 5.69 Å². The van der Waals surface area contributed by atoms with E-state index in [1.807, 2.05) is 12.1 Å². The van der Waals surface area contributed by atoms with Crippen molar-refractivity contribution in [1.82, 2.24) is 0 Å². The van der Waals surface area contributed by atoms with E-state index in [-0.39, 0.29) is 29.4 Å². The number of aryl methyl sites for hydroxylation is 1. The van der Waals surface area contributed by atoms with Crippen molar-refractivity contribution in [3.8, 4) is 17.2 Å². The lowest BCUT2D eigenvalue weighted by atomic mass is 10.1. The first-order chi connectivity index (χ1) is 12.5. The summed E-state index contributed by atoms with van der Waals surface area (Å²) in [5, 5.41) is 11.8. The van der Waals surface area contributed by atoms with Crippen molar-refractivity contribution in [2.75, 3.05) is 26.1 Å². The van der Waals surface area contributed by atoms with E-state index in [0.717, 1.165) is 6.42 Å². The van der Waals surface area contributed by atoms with E-state index < -0.39 is 11.9 Å². The van der Waals surface area contributed by atoms with Crippen LogP contribution in [0.5, 0.6) is 17.2 Å². The molecule has 2 rings (SSSR count). The largest absolute Gasteiger partial charge is 0.493 e.